The minimum atomic E-state index is -0.873. The van der Waals surface area contributed by atoms with Crippen molar-refractivity contribution in [3.8, 4) is 5.82 Å². The lowest BCUT2D eigenvalue weighted by Crippen LogP contribution is -2.51. The number of aliphatic hydroxyl groups excluding tert-OH is 1. The molecule has 2 atom stereocenters. The zero-order chi connectivity index (χ0) is 21.0. The number of β-amino-alcohol motifs (C(OH)–C–C–N with tert-alkyl or cyclic N) is 1. The van der Waals surface area contributed by atoms with Crippen molar-refractivity contribution < 1.29 is 9.50 Å². The van der Waals surface area contributed by atoms with Crippen LogP contribution in [0.4, 0.5) is 10.2 Å². The first-order valence-electron chi connectivity index (χ1n) is 10.5. The van der Waals surface area contributed by atoms with E-state index in [0.717, 1.165) is 40.8 Å². The zero-order valence-electron chi connectivity index (χ0n) is 17.6. The van der Waals surface area contributed by atoms with Crippen LogP contribution in [0.5, 0.6) is 0 Å². The summed E-state index contributed by atoms with van der Waals surface area (Å²) in [4.78, 5) is 13.2. The Balaban J connectivity index is 1.56. The first kappa shape index (κ1) is 19.4. The van der Waals surface area contributed by atoms with Crippen LogP contribution in [0.25, 0.3) is 16.7 Å². The lowest BCUT2D eigenvalue weighted by atomic mass is 9.85. The van der Waals surface area contributed by atoms with Gasteiger partial charge in [0.25, 0.3) is 0 Å². The molecular weight excluding hydrogens is 383 g/mol. The van der Waals surface area contributed by atoms with Gasteiger partial charge in [0.15, 0.2) is 5.82 Å². The van der Waals surface area contributed by atoms with E-state index in [-0.39, 0.29) is 12.0 Å². The van der Waals surface area contributed by atoms with Crippen LogP contribution >= 0.6 is 0 Å². The van der Waals surface area contributed by atoms with Gasteiger partial charge in [0.2, 0.25) is 0 Å². The van der Waals surface area contributed by atoms with Crippen LogP contribution in [0.15, 0.2) is 24.4 Å². The Morgan fingerprint density at radius 2 is 1.83 bits per heavy atom. The normalized spacial score (nSPS) is 23.2. The van der Waals surface area contributed by atoms with Gasteiger partial charge in [-0.25, -0.2) is 19.0 Å². The van der Waals surface area contributed by atoms with E-state index in [9.17, 15) is 9.50 Å². The molecule has 1 aromatic carbocycles. The molecule has 0 bridgehead atoms. The van der Waals surface area contributed by atoms with Crippen molar-refractivity contribution in [1.82, 2.24) is 24.6 Å². The Labute approximate surface area is 175 Å². The number of hydrogen-bond acceptors (Lipinski definition) is 6. The molecule has 2 aliphatic heterocycles. The Morgan fingerprint density at radius 1 is 1.07 bits per heavy atom. The number of benzene rings is 1. The summed E-state index contributed by atoms with van der Waals surface area (Å²) in [5.41, 5.74) is 3.09. The third-order valence-electron chi connectivity index (χ3n) is 6.31. The molecule has 158 valence electrons. The maximum absolute atomic E-state index is 14.9. The summed E-state index contributed by atoms with van der Waals surface area (Å²) in [6, 6.07) is 6.09. The van der Waals surface area contributed by atoms with Crippen LogP contribution in [0, 0.1) is 13.8 Å². The molecule has 30 heavy (non-hydrogen) atoms. The molecule has 7 nitrogen and oxygen atoms in total. The SMILES string of the molecule is Cc1nc(N2CC(O)C2)cc(-n2ncc3cc(C)c(C4CCN(C)C[C@H]4F)cc32)n1. The predicted molar refractivity (Wildman–Crippen MR) is 114 cm³/mol. The van der Waals surface area contributed by atoms with Gasteiger partial charge in [0.1, 0.15) is 17.8 Å². The number of aryl methyl sites for hydroxylation is 2. The molecule has 2 aliphatic rings. The molecule has 0 saturated carbocycles. The second kappa shape index (κ2) is 7.28. The molecule has 4 heterocycles. The highest BCUT2D eigenvalue weighted by Gasteiger charge is 2.30. The lowest BCUT2D eigenvalue weighted by molar-refractivity contribution is 0.139. The minimum absolute atomic E-state index is 0.0979. The molecular formula is C22H27FN6O. The van der Waals surface area contributed by atoms with Crippen molar-refractivity contribution in [2.75, 3.05) is 38.1 Å². The molecule has 0 radical (unpaired) electrons. The second-order valence-corrected chi connectivity index (χ2v) is 8.69. The number of hydrogen-bond donors (Lipinski definition) is 1. The number of aromatic nitrogens is 4. The van der Waals surface area contributed by atoms with Crippen molar-refractivity contribution >= 4 is 16.7 Å². The summed E-state index contributed by atoms with van der Waals surface area (Å²) in [5.74, 6) is 2.03. The van der Waals surface area contributed by atoms with Crippen LogP contribution in [-0.2, 0) is 0 Å². The summed E-state index contributed by atoms with van der Waals surface area (Å²) < 4.78 is 16.7. The van der Waals surface area contributed by atoms with E-state index in [1.165, 1.54) is 0 Å². The quantitative estimate of drug-likeness (QED) is 0.715. The number of piperidine rings is 1. The van der Waals surface area contributed by atoms with E-state index >= 15 is 0 Å². The molecule has 5 rings (SSSR count). The first-order valence-corrected chi connectivity index (χ1v) is 10.5. The van der Waals surface area contributed by atoms with Crippen LogP contribution < -0.4 is 4.90 Å². The average molecular weight is 410 g/mol. The summed E-state index contributed by atoms with van der Waals surface area (Å²) in [6.07, 6.45) is 1.47. The third-order valence-corrected chi connectivity index (χ3v) is 6.31. The maximum Gasteiger partial charge on any atom is 0.159 e. The highest BCUT2D eigenvalue weighted by molar-refractivity contribution is 5.82. The fourth-order valence-corrected chi connectivity index (χ4v) is 4.64. The first-order chi connectivity index (χ1) is 14.4. The van der Waals surface area contributed by atoms with E-state index < -0.39 is 6.17 Å². The van der Waals surface area contributed by atoms with Crippen LogP contribution in [0.1, 0.15) is 29.3 Å². The minimum Gasteiger partial charge on any atom is -0.389 e. The predicted octanol–water partition coefficient (Wildman–Crippen LogP) is 2.37. The average Bonchev–Trinajstić information content (AvgIpc) is 3.07. The molecule has 3 aromatic rings. The third kappa shape index (κ3) is 3.33. The Bertz CT molecular complexity index is 1090. The van der Waals surface area contributed by atoms with Gasteiger partial charge in [0.05, 0.1) is 17.8 Å². The summed E-state index contributed by atoms with van der Waals surface area (Å²) in [5, 5.41) is 15.2. The van der Waals surface area contributed by atoms with Gasteiger partial charge in [-0.3, -0.25) is 0 Å². The number of likely N-dealkylation sites (tertiary alicyclic amines) is 1. The maximum atomic E-state index is 14.9. The Hall–Kier alpha value is -2.58. The number of nitrogens with zero attached hydrogens (tertiary/aromatic N) is 6. The highest BCUT2D eigenvalue weighted by atomic mass is 19.1. The van der Waals surface area contributed by atoms with E-state index in [4.69, 9.17) is 0 Å². The van der Waals surface area contributed by atoms with Gasteiger partial charge in [-0.1, -0.05) is 0 Å². The van der Waals surface area contributed by atoms with E-state index in [1.54, 1.807) is 0 Å². The van der Waals surface area contributed by atoms with Crippen molar-refractivity contribution in [2.45, 2.75) is 38.5 Å². The Morgan fingerprint density at radius 3 is 2.57 bits per heavy atom. The van der Waals surface area contributed by atoms with Gasteiger partial charge in [-0.05, 0) is 57.1 Å². The van der Waals surface area contributed by atoms with Crippen molar-refractivity contribution in [3.05, 3.63) is 41.3 Å². The summed E-state index contributed by atoms with van der Waals surface area (Å²) in [7, 11) is 1.97. The molecule has 0 aliphatic carbocycles. The number of halogens is 1. The molecule has 8 heteroatoms. The largest absolute Gasteiger partial charge is 0.389 e. The van der Waals surface area contributed by atoms with Gasteiger partial charge in [-0.2, -0.15) is 5.10 Å². The van der Waals surface area contributed by atoms with E-state index in [2.05, 4.69) is 39.0 Å². The van der Waals surface area contributed by atoms with Gasteiger partial charge >= 0.3 is 0 Å². The van der Waals surface area contributed by atoms with Crippen molar-refractivity contribution in [3.63, 3.8) is 0 Å². The number of alkyl halides is 1. The standard InChI is InChI=1S/C22H27FN6O/c1-13-6-15-9-24-29(20(15)7-18(13)17-4-5-27(3)12-19(17)23)22-8-21(25-14(2)26-22)28-10-16(30)11-28/h6-9,16-17,19,30H,4-5,10-12H2,1-3H3/t17?,19-/m1/s1. The molecule has 2 fully saturated rings. The zero-order valence-corrected chi connectivity index (χ0v) is 17.6. The van der Waals surface area contributed by atoms with Crippen LogP contribution in [0.2, 0.25) is 0 Å². The molecule has 1 unspecified atom stereocenters. The van der Waals surface area contributed by atoms with E-state index in [1.807, 2.05) is 35.8 Å². The number of rotatable bonds is 3. The molecule has 0 spiro atoms. The number of anilines is 1. The van der Waals surface area contributed by atoms with Crippen molar-refractivity contribution in [1.29, 1.82) is 0 Å². The fourth-order valence-electron chi connectivity index (χ4n) is 4.64. The second-order valence-electron chi connectivity index (χ2n) is 8.69. The number of fused-ring (bicyclic) bond motifs is 1. The monoisotopic (exact) mass is 410 g/mol. The van der Waals surface area contributed by atoms with Gasteiger partial charge in [0, 0.05) is 37.0 Å². The topological polar surface area (TPSA) is 70.3 Å². The fraction of sp³-hybridized carbons (Fsp3) is 0.500. The summed E-state index contributed by atoms with van der Waals surface area (Å²) >= 11 is 0. The van der Waals surface area contributed by atoms with Crippen molar-refractivity contribution in [2.24, 2.45) is 0 Å². The van der Waals surface area contributed by atoms with Crippen LogP contribution in [-0.4, -0.2) is 75.3 Å². The lowest BCUT2D eigenvalue weighted by Gasteiger charge is -2.36. The van der Waals surface area contributed by atoms with Gasteiger partial charge < -0.3 is 14.9 Å². The molecule has 2 saturated heterocycles. The Kier molecular flexibility index (Phi) is 4.71. The number of aliphatic hydroxyl groups is 1. The van der Waals surface area contributed by atoms with E-state index in [0.29, 0.717) is 31.3 Å². The van der Waals surface area contributed by atoms with Crippen LogP contribution in [0.3, 0.4) is 0 Å². The highest BCUT2D eigenvalue weighted by Crippen LogP contribution is 2.35. The smallest absolute Gasteiger partial charge is 0.159 e. The molecule has 1 N–H and O–H groups in total. The summed E-state index contributed by atoms with van der Waals surface area (Å²) in [6.45, 7) is 6.44. The van der Waals surface area contributed by atoms with Gasteiger partial charge in [-0.15, -0.1) is 0 Å². The molecule has 0 amide bonds. The molecule has 2 aromatic heterocycles.